The maximum absolute atomic E-state index is 9.42. The summed E-state index contributed by atoms with van der Waals surface area (Å²) in [5.74, 6) is 0.827. The molecule has 118 valence electrons. The van der Waals surface area contributed by atoms with Crippen molar-refractivity contribution in [2.24, 2.45) is 5.16 Å². The van der Waals surface area contributed by atoms with Crippen LogP contribution in [0.1, 0.15) is 25.7 Å². The Morgan fingerprint density at radius 1 is 1.22 bits per heavy atom. The summed E-state index contributed by atoms with van der Waals surface area (Å²) in [7, 11) is 2.27. The Hall–Kier alpha value is -2.06. The molecule has 0 amide bonds. The highest BCUT2D eigenvalue weighted by Crippen LogP contribution is 2.45. The fraction of sp³-hybridized carbons (Fsp3) is 0.278. The van der Waals surface area contributed by atoms with Gasteiger partial charge >= 0.3 is 0 Å². The molecule has 1 aromatic carbocycles. The Morgan fingerprint density at radius 2 is 2.04 bits per heavy atom. The smallest absolute Gasteiger partial charge is 0.122 e. The fourth-order valence-electron chi connectivity index (χ4n) is 3.83. The molecule has 0 fully saturated rings. The molecule has 4 rings (SSSR count). The summed E-state index contributed by atoms with van der Waals surface area (Å²) in [6.07, 6.45) is 10.3. The summed E-state index contributed by atoms with van der Waals surface area (Å²) >= 11 is 0. The minimum absolute atomic E-state index is 0.294. The van der Waals surface area contributed by atoms with Crippen LogP contribution in [0, 0.1) is 0 Å². The molecule has 0 saturated carbocycles. The first-order valence-electron chi connectivity index (χ1n) is 7.91. The predicted molar refractivity (Wildman–Crippen MR) is 95.0 cm³/mol. The van der Waals surface area contributed by atoms with Gasteiger partial charge in [0.05, 0.1) is 21.2 Å². The molecule has 3 aliphatic rings. The van der Waals surface area contributed by atoms with Crippen LogP contribution in [0.15, 0.2) is 64.5 Å². The normalized spacial score (nSPS) is 24.6. The zero-order chi connectivity index (χ0) is 15.8. The van der Waals surface area contributed by atoms with Gasteiger partial charge in [-0.3, -0.25) is 0 Å². The first-order valence-corrected chi connectivity index (χ1v) is 8.38. The molecule has 2 aliphatic carbocycles. The maximum Gasteiger partial charge on any atom is 0.122 e. The van der Waals surface area contributed by atoms with Gasteiger partial charge in [0.1, 0.15) is 5.75 Å². The summed E-state index contributed by atoms with van der Waals surface area (Å²) in [6, 6.07) is 8.44. The number of hydrogen-bond donors (Lipinski definition) is 1. The number of nitrogens with zero attached hydrogens (tertiary/aromatic N) is 2. The lowest BCUT2D eigenvalue weighted by Crippen LogP contribution is -2.31. The molecule has 1 aliphatic heterocycles. The third kappa shape index (κ3) is 2.29. The summed E-state index contributed by atoms with van der Waals surface area (Å²) in [5.41, 5.74) is 5.70. The molecule has 0 saturated heterocycles. The first kappa shape index (κ1) is 14.5. The van der Waals surface area contributed by atoms with Crippen LogP contribution < -0.4 is 9.42 Å². The molecule has 23 heavy (non-hydrogen) atoms. The van der Waals surface area contributed by atoms with Crippen molar-refractivity contribution >= 4 is 20.9 Å². The molecule has 2 unspecified atom stereocenters. The lowest BCUT2D eigenvalue weighted by molar-refractivity contribution is 0.317. The van der Waals surface area contributed by atoms with E-state index in [4.69, 9.17) is 4.52 Å². The third-order valence-electron chi connectivity index (χ3n) is 4.80. The van der Waals surface area contributed by atoms with E-state index in [2.05, 4.69) is 49.9 Å². The number of benzene rings is 1. The van der Waals surface area contributed by atoms with E-state index in [0.29, 0.717) is 6.04 Å². The zero-order valence-corrected chi connectivity index (χ0v) is 13.9. The van der Waals surface area contributed by atoms with Crippen molar-refractivity contribution in [2.75, 3.05) is 4.90 Å². The van der Waals surface area contributed by atoms with Crippen molar-refractivity contribution in [3.8, 4) is 5.75 Å². The van der Waals surface area contributed by atoms with Crippen molar-refractivity contribution in [3.05, 3.63) is 59.3 Å². The fourth-order valence-corrected chi connectivity index (χ4v) is 3.99. The minimum atomic E-state index is 0.294. The van der Waals surface area contributed by atoms with Crippen molar-refractivity contribution in [3.63, 3.8) is 0 Å². The minimum Gasteiger partial charge on any atom is -0.480 e. The van der Waals surface area contributed by atoms with Crippen LogP contribution in [0.25, 0.3) is 0 Å². The van der Waals surface area contributed by atoms with Gasteiger partial charge in [0.25, 0.3) is 0 Å². The number of anilines is 1. The lowest BCUT2D eigenvalue weighted by atomic mass is 9.88. The zero-order valence-electron chi connectivity index (χ0n) is 12.8. The highest BCUT2D eigenvalue weighted by molar-refractivity contribution is 7.10. The molecule has 5 heteroatoms. The molecule has 4 nitrogen and oxygen atoms in total. The molecule has 1 N–H and O–H groups in total. The monoisotopic (exact) mass is 326 g/mol. The lowest BCUT2D eigenvalue weighted by Gasteiger charge is -2.31. The predicted octanol–water partition coefficient (Wildman–Crippen LogP) is 4.20. The van der Waals surface area contributed by atoms with Crippen LogP contribution in [0.5, 0.6) is 5.75 Å². The number of oxime groups is 1. The van der Waals surface area contributed by atoms with Gasteiger partial charge in [0.15, 0.2) is 0 Å². The van der Waals surface area contributed by atoms with E-state index in [9.17, 15) is 5.21 Å². The Morgan fingerprint density at radius 3 is 2.78 bits per heavy atom. The molecule has 1 heterocycles. The van der Waals surface area contributed by atoms with Crippen LogP contribution in [0.2, 0.25) is 0 Å². The van der Waals surface area contributed by atoms with Gasteiger partial charge < -0.3 is 14.6 Å². The van der Waals surface area contributed by atoms with E-state index in [0.717, 1.165) is 48.4 Å². The largest absolute Gasteiger partial charge is 0.480 e. The van der Waals surface area contributed by atoms with E-state index in [1.54, 1.807) is 0 Å². The van der Waals surface area contributed by atoms with Crippen LogP contribution in [-0.2, 0) is 0 Å². The van der Waals surface area contributed by atoms with Gasteiger partial charge in [0, 0.05) is 17.0 Å². The molecule has 0 spiro atoms. The topological polar surface area (TPSA) is 45.1 Å². The average Bonchev–Trinajstić information content (AvgIpc) is 2.96. The van der Waals surface area contributed by atoms with Crippen molar-refractivity contribution < 1.29 is 9.73 Å². The van der Waals surface area contributed by atoms with Crippen LogP contribution in [0.4, 0.5) is 5.69 Å². The SMILES string of the molecule is O/N=C1/CCCC2=C1C1=CC=CCC1N2c1ccc(OP)cc1. The van der Waals surface area contributed by atoms with Crippen LogP contribution in [-0.4, -0.2) is 17.0 Å². The van der Waals surface area contributed by atoms with E-state index >= 15 is 0 Å². The number of rotatable bonds is 2. The van der Waals surface area contributed by atoms with Gasteiger partial charge in [-0.05, 0) is 55.5 Å². The molecule has 0 radical (unpaired) electrons. The third-order valence-corrected chi connectivity index (χ3v) is 5.07. The van der Waals surface area contributed by atoms with Crippen molar-refractivity contribution in [1.29, 1.82) is 0 Å². The van der Waals surface area contributed by atoms with Gasteiger partial charge in [-0.1, -0.05) is 23.4 Å². The summed E-state index contributed by atoms with van der Waals surface area (Å²) in [6.45, 7) is 0. The quantitative estimate of drug-likeness (QED) is 0.503. The van der Waals surface area contributed by atoms with E-state index in [1.165, 1.54) is 11.3 Å². The Balaban J connectivity index is 1.83. The maximum atomic E-state index is 9.42. The van der Waals surface area contributed by atoms with Crippen molar-refractivity contribution in [2.45, 2.75) is 31.7 Å². The summed E-state index contributed by atoms with van der Waals surface area (Å²) in [4.78, 5) is 2.40. The van der Waals surface area contributed by atoms with Gasteiger partial charge in [0.2, 0.25) is 0 Å². The second-order valence-corrected chi connectivity index (χ2v) is 6.24. The molecule has 2 atom stereocenters. The number of hydrogen-bond acceptors (Lipinski definition) is 4. The Labute approximate surface area is 138 Å². The number of fused-ring (bicyclic) bond motifs is 2. The Bertz CT molecular complexity index is 747. The second-order valence-electron chi connectivity index (χ2n) is 6.01. The second kappa shape index (κ2) is 5.86. The molecule has 0 aromatic heterocycles. The van der Waals surface area contributed by atoms with Gasteiger partial charge in [-0.15, -0.1) is 0 Å². The van der Waals surface area contributed by atoms with Crippen LogP contribution in [0.3, 0.4) is 0 Å². The average molecular weight is 326 g/mol. The summed E-state index contributed by atoms with van der Waals surface area (Å²) in [5, 5.41) is 13.0. The Kier molecular flexibility index (Phi) is 3.70. The van der Waals surface area contributed by atoms with Gasteiger partial charge in [-0.25, -0.2) is 0 Å². The van der Waals surface area contributed by atoms with Gasteiger partial charge in [-0.2, -0.15) is 0 Å². The highest BCUT2D eigenvalue weighted by atomic mass is 31.0. The molecular formula is C18H19N2O2P. The van der Waals surface area contributed by atoms with Crippen molar-refractivity contribution in [1.82, 2.24) is 0 Å². The molecular weight excluding hydrogens is 307 g/mol. The standard InChI is InChI=1S/C18H19N2O2P/c21-19-15-5-3-7-17-18(15)14-4-1-2-6-16(14)20(17)12-8-10-13(22-23)11-9-12/h1-2,4,8-11,16,21H,3,5-7,23H2/b19-15-. The first-order chi connectivity index (χ1) is 11.3. The van der Waals surface area contributed by atoms with E-state index in [-0.39, 0.29) is 0 Å². The summed E-state index contributed by atoms with van der Waals surface area (Å²) < 4.78 is 5.19. The van der Waals surface area contributed by atoms with Crippen LogP contribution >= 0.6 is 9.47 Å². The van der Waals surface area contributed by atoms with E-state index in [1.807, 2.05) is 12.1 Å². The molecule has 1 aromatic rings. The molecule has 0 bridgehead atoms. The number of allylic oxidation sites excluding steroid dienone is 3. The highest BCUT2D eigenvalue weighted by Gasteiger charge is 2.40. The van der Waals surface area contributed by atoms with E-state index < -0.39 is 0 Å².